The number of unbranched alkanes of at least 4 members (excludes halogenated alkanes) is 1. The number of para-hydroxylation sites is 2. The molecule has 0 radical (unpaired) electrons. The number of H-pyrrole nitrogens is 1. The fraction of sp³-hybridized carbons (Fsp3) is 0.417. The lowest BCUT2D eigenvalue weighted by atomic mass is 10.2. The van der Waals surface area contributed by atoms with Crippen molar-refractivity contribution in [3.8, 4) is 5.75 Å². The second-order valence-electron chi connectivity index (χ2n) is 8.16. The highest BCUT2D eigenvalue weighted by Gasteiger charge is 2.19. The van der Waals surface area contributed by atoms with Crippen molar-refractivity contribution in [1.29, 1.82) is 0 Å². The summed E-state index contributed by atoms with van der Waals surface area (Å²) in [6.07, 6.45) is 5.57. The van der Waals surface area contributed by atoms with Crippen LogP contribution in [0.2, 0.25) is 0 Å². The molecule has 8 heteroatoms. The Kier molecular flexibility index (Phi) is 7.11. The van der Waals surface area contributed by atoms with Crippen LogP contribution in [0.5, 0.6) is 5.75 Å². The van der Waals surface area contributed by atoms with Crippen molar-refractivity contribution in [1.82, 2.24) is 19.8 Å². The number of nitrogens with zero attached hydrogens (tertiary/aromatic N) is 4. The van der Waals surface area contributed by atoms with Gasteiger partial charge < -0.3 is 24.8 Å². The maximum absolute atomic E-state index is 12.5. The van der Waals surface area contributed by atoms with Crippen LogP contribution in [0.25, 0.3) is 11.0 Å². The maximum Gasteiger partial charge on any atom is 0.321 e. The minimum absolute atomic E-state index is 0.0971. The molecule has 1 saturated heterocycles. The summed E-state index contributed by atoms with van der Waals surface area (Å²) in [4.78, 5) is 26.5. The third-order valence-electron chi connectivity index (χ3n) is 6.06. The van der Waals surface area contributed by atoms with E-state index in [1.165, 1.54) is 5.69 Å². The molecule has 0 bridgehead atoms. The molecule has 4 rings (SSSR count). The number of fused-ring (bicyclic) bond motifs is 1. The van der Waals surface area contributed by atoms with Crippen molar-refractivity contribution >= 4 is 28.4 Å². The Morgan fingerprint density at radius 3 is 2.78 bits per heavy atom. The molecule has 0 spiro atoms. The van der Waals surface area contributed by atoms with Crippen molar-refractivity contribution in [3.05, 3.63) is 48.8 Å². The fourth-order valence-electron chi connectivity index (χ4n) is 4.16. The van der Waals surface area contributed by atoms with Gasteiger partial charge in [0.25, 0.3) is 0 Å². The van der Waals surface area contributed by atoms with E-state index in [2.05, 4.69) is 37.2 Å². The molecule has 1 aliphatic heterocycles. The largest absolute Gasteiger partial charge is 0.495 e. The zero-order chi connectivity index (χ0) is 22.3. The van der Waals surface area contributed by atoms with E-state index in [0.29, 0.717) is 0 Å². The van der Waals surface area contributed by atoms with Crippen molar-refractivity contribution in [3.63, 3.8) is 0 Å². The van der Waals surface area contributed by atoms with Crippen LogP contribution in [0.15, 0.2) is 48.8 Å². The Bertz CT molecular complexity index is 1030. The van der Waals surface area contributed by atoms with Crippen LogP contribution in [0, 0.1) is 0 Å². The standard InChI is InChI=1S/C24H32N6O2/c1-28(24(31)27-20-18-26-23-19(20)8-7-11-25-23)12-5-6-13-29-14-16-30(17-15-29)21-9-3-4-10-22(21)32-2/h3-4,7-11,18H,5-6,12-17H2,1-2H3,(H,25,26)(H,27,31). The second-order valence-corrected chi connectivity index (χ2v) is 8.16. The lowest BCUT2D eigenvalue weighted by Gasteiger charge is -2.36. The molecule has 2 amide bonds. The Hall–Kier alpha value is -3.26. The zero-order valence-electron chi connectivity index (χ0n) is 18.9. The normalized spacial score (nSPS) is 14.5. The SMILES string of the molecule is COc1ccccc1N1CCN(CCCCN(C)C(=O)Nc2c[nH]c3ncccc23)CC1. The van der Waals surface area contributed by atoms with E-state index in [0.717, 1.165) is 74.6 Å². The first-order chi connectivity index (χ1) is 15.7. The summed E-state index contributed by atoms with van der Waals surface area (Å²) in [7, 11) is 3.57. The van der Waals surface area contributed by atoms with Crippen molar-refractivity contribution in [2.75, 3.05) is 63.6 Å². The quantitative estimate of drug-likeness (QED) is 0.527. The Balaban J connectivity index is 1.16. The number of ether oxygens (including phenoxy) is 1. The van der Waals surface area contributed by atoms with Crippen molar-refractivity contribution in [2.45, 2.75) is 12.8 Å². The van der Waals surface area contributed by atoms with Gasteiger partial charge in [0.15, 0.2) is 0 Å². The molecule has 1 aliphatic rings. The summed E-state index contributed by atoms with van der Waals surface area (Å²) in [6.45, 7) is 5.88. The molecule has 1 aromatic carbocycles. The van der Waals surface area contributed by atoms with E-state index in [1.54, 1.807) is 24.4 Å². The number of methoxy groups -OCH3 is 1. The summed E-state index contributed by atoms with van der Waals surface area (Å²) in [5.74, 6) is 0.936. The molecular weight excluding hydrogens is 404 g/mol. The number of aromatic nitrogens is 2. The van der Waals surface area contributed by atoms with Crippen LogP contribution in [0.3, 0.4) is 0 Å². The lowest BCUT2D eigenvalue weighted by molar-refractivity contribution is 0.217. The molecule has 0 aliphatic carbocycles. The number of anilines is 2. The van der Waals surface area contributed by atoms with Gasteiger partial charge >= 0.3 is 6.03 Å². The molecule has 0 atom stereocenters. The first-order valence-electron chi connectivity index (χ1n) is 11.2. The van der Waals surface area contributed by atoms with E-state index in [1.807, 2.05) is 31.3 Å². The van der Waals surface area contributed by atoms with Gasteiger partial charge in [-0.3, -0.25) is 4.90 Å². The summed E-state index contributed by atoms with van der Waals surface area (Å²) < 4.78 is 5.50. The highest BCUT2D eigenvalue weighted by Crippen LogP contribution is 2.28. The monoisotopic (exact) mass is 436 g/mol. The molecule has 1 fully saturated rings. The Morgan fingerprint density at radius 2 is 1.97 bits per heavy atom. The number of nitrogens with one attached hydrogen (secondary N) is 2. The minimum atomic E-state index is -0.0971. The van der Waals surface area contributed by atoms with Crippen LogP contribution in [0.4, 0.5) is 16.2 Å². The number of benzene rings is 1. The molecule has 0 saturated carbocycles. The third kappa shape index (κ3) is 5.13. The number of pyridine rings is 1. The van der Waals surface area contributed by atoms with Crippen LogP contribution >= 0.6 is 0 Å². The van der Waals surface area contributed by atoms with Gasteiger partial charge in [0.2, 0.25) is 0 Å². The Labute approximate surface area is 189 Å². The summed E-state index contributed by atoms with van der Waals surface area (Å²) in [5.41, 5.74) is 2.71. The molecular formula is C24H32N6O2. The zero-order valence-corrected chi connectivity index (χ0v) is 18.9. The van der Waals surface area contributed by atoms with E-state index < -0.39 is 0 Å². The summed E-state index contributed by atoms with van der Waals surface area (Å²) in [5, 5.41) is 3.89. The molecule has 2 N–H and O–H groups in total. The number of rotatable bonds is 8. The van der Waals surface area contributed by atoms with E-state index in [4.69, 9.17) is 4.74 Å². The van der Waals surface area contributed by atoms with Gasteiger partial charge in [-0.15, -0.1) is 0 Å². The van der Waals surface area contributed by atoms with Crippen LogP contribution in [-0.2, 0) is 0 Å². The highest BCUT2D eigenvalue weighted by molar-refractivity contribution is 5.99. The highest BCUT2D eigenvalue weighted by atomic mass is 16.5. The maximum atomic E-state index is 12.5. The molecule has 32 heavy (non-hydrogen) atoms. The number of hydrogen-bond acceptors (Lipinski definition) is 5. The van der Waals surface area contributed by atoms with E-state index in [-0.39, 0.29) is 6.03 Å². The first kappa shape index (κ1) is 22.0. The second kappa shape index (κ2) is 10.4. The van der Waals surface area contributed by atoms with Gasteiger partial charge in [-0.2, -0.15) is 0 Å². The number of aromatic amines is 1. The van der Waals surface area contributed by atoms with Crippen molar-refractivity contribution in [2.24, 2.45) is 0 Å². The predicted octanol–water partition coefficient (Wildman–Crippen LogP) is 3.64. The first-order valence-corrected chi connectivity index (χ1v) is 11.2. The topological polar surface area (TPSA) is 76.7 Å². The van der Waals surface area contributed by atoms with Crippen LogP contribution in [-0.4, -0.2) is 79.2 Å². The fourth-order valence-corrected chi connectivity index (χ4v) is 4.16. The third-order valence-corrected chi connectivity index (χ3v) is 6.06. The number of urea groups is 1. The van der Waals surface area contributed by atoms with E-state index >= 15 is 0 Å². The van der Waals surface area contributed by atoms with Gasteiger partial charge in [0.1, 0.15) is 11.4 Å². The molecule has 8 nitrogen and oxygen atoms in total. The number of piperazine rings is 1. The summed E-state index contributed by atoms with van der Waals surface area (Å²) in [6, 6.07) is 11.9. The van der Waals surface area contributed by atoms with Gasteiger partial charge in [0, 0.05) is 57.6 Å². The number of amides is 2. The molecule has 0 unspecified atom stereocenters. The minimum Gasteiger partial charge on any atom is -0.495 e. The number of hydrogen-bond donors (Lipinski definition) is 2. The van der Waals surface area contributed by atoms with Gasteiger partial charge in [-0.05, 0) is 43.7 Å². The smallest absolute Gasteiger partial charge is 0.321 e. The van der Waals surface area contributed by atoms with Crippen LogP contribution < -0.4 is 15.0 Å². The molecule has 170 valence electrons. The van der Waals surface area contributed by atoms with Crippen molar-refractivity contribution < 1.29 is 9.53 Å². The van der Waals surface area contributed by atoms with Gasteiger partial charge in [-0.25, -0.2) is 9.78 Å². The molecule has 3 heterocycles. The average Bonchev–Trinajstić information content (AvgIpc) is 3.24. The molecule has 2 aromatic heterocycles. The average molecular weight is 437 g/mol. The Morgan fingerprint density at radius 1 is 1.16 bits per heavy atom. The van der Waals surface area contributed by atoms with Gasteiger partial charge in [-0.1, -0.05) is 12.1 Å². The summed E-state index contributed by atoms with van der Waals surface area (Å²) >= 11 is 0. The number of carbonyl (C=O) groups excluding carboxylic acids is 1. The predicted molar refractivity (Wildman–Crippen MR) is 129 cm³/mol. The van der Waals surface area contributed by atoms with Crippen LogP contribution in [0.1, 0.15) is 12.8 Å². The van der Waals surface area contributed by atoms with E-state index in [9.17, 15) is 4.79 Å². The lowest BCUT2D eigenvalue weighted by Crippen LogP contribution is -2.46. The number of carbonyl (C=O) groups is 1. The molecule has 3 aromatic rings. The van der Waals surface area contributed by atoms with Gasteiger partial charge in [0.05, 0.1) is 18.5 Å².